The van der Waals surface area contributed by atoms with Crippen LogP contribution in [0.15, 0.2) is 42.5 Å². The summed E-state index contributed by atoms with van der Waals surface area (Å²) in [6.07, 6.45) is 1.40. The monoisotopic (exact) mass is 322 g/mol. The number of aryl methyl sites for hydroxylation is 1. The molecule has 0 bridgehead atoms. The van der Waals surface area contributed by atoms with Gasteiger partial charge in [0, 0.05) is 30.8 Å². The van der Waals surface area contributed by atoms with Crippen molar-refractivity contribution in [3.8, 4) is 0 Å². The highest BCUT2D eigenvalue weighted by molar-refractivity contribution is 5.95. The number of nitrogens with one attached hydrogen (secondary N) is 1. The predicted molar refractivity (Wildman–Crippen MR) is 95.1 cm³/mol. The molecule has 4 heteroatoms. The largest absolute Gasteiger partial charge is 0.348 e. The van der Waals surface area contributed by atoms with E-state index in [1.165, 1.54) is 5.56 Å². The minimum Gasteiger partial charge on any atom is -0.348 e. The maximum absolute atomic E-state index is 12.2. The van der Waals surface area contributed by atoms with Gasteiger partial charge in [-0.3, -0.25) is 9.59 Å². The summed E-state index contributed by atoms with van der Waals surface area (Å²) in [6.45, 7) is 5.12. The third kappa shape index (κ3) is 3.32. The molecular formula is C20H22N2O2. The quantitative estimate of drug-likeness (QED) is 0.939. The molecule has 0 spiro atoms. The number of fused-ring (bicyclic) bond motifs is 1. The molecule has 0 radical (unpaired) electrons. The Morgan fingerprint density at radius 2 is 1.88 bits per heavy atom. The predicted octanol–water partition coefficient (Wildman–Crippen LogP) is 3.22. The lowest BCUT2D eigenvalue weighted by Crippen LogP contribution is -2.27. The standard InChI is InChI=1S/C20H22N2O2/c1-3-19(23)22-11-10-17-12-15(6-9-18(17)22)13-21-20(24)16-7-4-14(2)5-8-16/h4-9,12H,3,10-11,13H2,1-2H3,(H,21,24). The van der Waals surface area contributed by atoms with Gasteiger partial charge in [-0.25, -0.2) is 0 Å². The molecule has 0 atom stereocenters. The maximum atomic E-state index is 12.2. The van der Waals surface area contributed by atoms with Crippen LogP contribution in [0.4, 0.5) is 5.69 Å². The first kappa shape index (κ1) is 16.2. The van der Waals surface area contributed by atoms with Crippen LogP contribution in [0.1, 0.15) is 40.4 Å². The number of rotatable bonds is 4. The SMILES string of the molecule is CCC(=O)N1CCc2cc(CNC(=O)c3ccc(C)cc3)ccc21. The zero-order valence-electron chi connectivity index (χ0n) is 14.1. The van der Waals surface area contributed by atoms with Gasteiger partial charge in [-0.15, -0.1) is 0 Å². The summed E-state index contributed by atoms with van der Waals surface area (Å²) in [5.41, 5.74) is 5.05. The Morgan fingerprint density at radius 1 is 1.12 bits per heavy atom. The van der Waals surface area contributed by atoms with Crippen molar-refractivity contribution < 1.29 is 9.59 Å². The first-order valence-corrected chi connectivity index (χ1v) is 8.35. The topological polar surface area (TPSA) is 49.4 Å². The second-order valence-electron chi connectivity index (χ2n) is 6.16. The number of anilines is 1. The summed E-state index contributed by atoms with van der Waals surface area (Å²) in [4.78, 5) is 26.0. The van der Waals surface area contributed by atoms with E-state index in [0.29, 0.717) is 18.5 Å². The molecule has 0 aromatic heterocycles. The van der Waals surface area contributed by atoms with Crippen LogP contribution in [0, 0.1) is 6.92 Å². The van der Waals surface area contributed by atoms with Crippen molar-refractivity contribution >= 4 is 17.5 Å². The minimum absolute atomic E-state index is 0.0710. The molecule has 1 aliphatic rings. The van der Waals surface area contributed by atoms with Crippen LogP contribution in [0.25, 0.3) is 0 Å². The van der Waals surface area contributed by atoms with Crippen LogP contribution < -0.4 is 10.2 Å². The van der Waals surface area contributed by atoms with Crippen molar-refractivity contribution in [3.63, 3.8) is 0 Å². The van der Waals surface area contributed by atoms with Crippen LogP contribution in [0.3, 0.4) is 0 Å². The van der Waals surface area contributed by atoms with E-state index in [1.54, 1.807) is 0 Å². The lowest BCUT2D eigenvalue weighted by Gasteiger charge is -2.16. The maximum Gasteiger partial charge on any atom is 0.251 e. The molecule has 3 rings (SSSR count). The van der Waals surface area contributed by atoms with E-state index < -0.39 is 0 Å². The normalized spacial score (nSPS) is 12.8. The molecule has 0 unspecified atom stereocenters. The molecule has 1 aliphatic heterocycles. The zero-order chi connectivity index (χ0) is 17.1. The van der Waals surface area contributed by atoms with Crippen LogP contribution >= 0.6 is 0 Å². The first-order valence-electron chi connectivity index (χ1n) is 8.35. The minimum atomic E-state index is -0.0710. The van der Waals surface area contributed by atoms with E-state index in [-0.39, 0.29) is 11.8 Å². The third-order valence-electron chi connectivity index (χ3n) is 4.41. The molecule has 0 fully saturated rings. The van der Waals surface area contributed by atoms with Crippen LogP contribution in [0.2, 0.25) is 0 Å². The van der Waals surface area contributed by atoms with Crippen molar-refractivity contribution in [3.05, 3.63) is 64.7 Å². The van der Waals surface area contributed by atoms with Crippen LogP contribution in [-0.2, 0) is 17.8 Å². The average molecular weight is 322 g/mol. The van der Waals surface area contributed by atoms with Gasteiger partial charge >= 0.3 is 0 Å². The van der Waals surface area contributed by atoms with E-state index in [2.05, 4.69) is 11.4 Å². The smallest absolute Gasteiger partial charge is 0.251 e. The number of carbonyl (C=O) groups excluding carboxylic acids is 2. The molecule has 0 saturated carbocycles. The Balaban J connectivity index is 1.66. The van der Waals surface area contributed by atoms with Gasteiger partial charge in [-0.05, 0) is 42.7 Å². The fourth-order valence-electron chi connectivity index (χ4n) is 3.00. The van der Waals surface area contributed by atoms with Gasteiger partial charge in [0.05, 0.1) is 0 Å². The van der Waals surface area contributed by atoms with E-state index in [4.69, 9.17) is 0 Å². The molecule has 124 valence electrons. The number of hydrogen-bond donors (Lipinski definition) is 1. The second-order valence-corrected chi connectivity index (χ2v) is 6.16. The van der Waals surface area contributed by atoms with E-state index in [1.807, 2.05) is 55.1 Å². The molecule has 0 aliphatic carbocycles. The number of carbonyl (C=O) groups is 2. The molecule has 2 aromatic rings. The molecule has 2 amide bonds. The van der Waals surface area contributed by atoms with Crippen LogP contribution in [-0.4, -0.2) is 18.4 Å². The summed E-state index contributed by atoms with van der Waals surface area (Å²) in [5, 5.41) is 2.95. The average Bonchev–Trinajstić information content (AvgIpc) is 3.02. The summed E-state index contributed by atoms with van der Waals surface area (Å²) >= 11 is 0. The molecule has 1 N–H and O–H groups in total. The fraction of sp³-hybridized carbons (Fsp3) is 0.300. The Morgan fingerprint density at radius 3 is 2.58 bits per heavy atom. The fourth-order valence-corrected chi connectivity index (χ4v) is 3.00. The van der Waals surface area contributed by atoms with Crippen molar-refractivity contribution in [2.45, 2.75) is 33.2 Å². The highest BCUT2D eigenvalue weighted by Crippen LogP contribution is 2.29. The van der Waals surface area contributed by atoms with Crippen molar-refractivity contribution in [2.75, 3.05) is 11.4 Å². The van der Waals surface area contributed by atoms with Gasteiger partial charge in [-0.2, -0.15) is 0 Å². The molecule has 1 heterocycles. The third-order valence-corrected chi connectivity index (χ3v) is 4.41. The number of benzene rings is 2. The summed E-state index contributed by atoms with van der Waals surface area (Å²) in [6, 6.07) is 13.6. The molecular weight excluding hydrogens is 300 g/mol. The molecule has 4 nitrogen and oxygen atoms in total. The Hall–Kier alpha value is -2.62. The van der Waals surface area contributed by atoms with Gasteiger partial charge in [0.15, 0.2) is 0 Å². The number of nitrogens with zero attached hydrogens (tertiary/aromatic N) is 1. The van der Waals surface area contributed by atoms with Gasteiger partial charge in [0.25, 0.3) is 5.91 Å². The molecule has 2 aromatic carbocycles. The summed E-state index contributed by atoms with van der Waals surface area (Å²) in [7, 11) is 0. The van der Waals surface area contributed by atoms with E-state index >= 15 is 0 Å². The van der Waals surface area contributed by atoms with Crippen molar-refractivity contribution in [2.24, 2.45) is 0 Å². The van der Waals surface area contributed by atoms with Crippen molar-refractivity contribution in [1.29, 1.82) is 0 Å². The number of amides is 2. The lowest BCUT2D eigenvalue weighted by molar-refractivity contribution is -0.118. The van der Waals surface area contributed by atoms with Gasteiger partial charge < -0.3 is 10.2 Å². The Bertz CT molecular complexity index is 766. The highest BCUT2D eigenvalue weighted by atomic mass is 16.2. The first-order chi connectivity index (χ1) is 11.6. The lowest BCUT2D eigenvalue weighted by atomic mass is 10.1. The van der Waals surface area contributed by atoms with E-state index in [9.17, 15) is 9.59 Å². The number of hydrogen-bond acceptors (Lipinski definition) is 2. The second kappa shape index (κ2) is 6.87. The summed E-state index contributed by atoms with van der Waals surface area (Å²) < 4.78 is 0. The van der Waals surface area contributed by atoms with Gasteiger partial charge in [0.2, 0.25) is 5.91 Å². The van der Waals surface area contributed by atoms with Gasteiger partial charge in [-0.1, -0.05) is 36.8 Å². The van der Waals surface area contributed by atoms with E-state index in [0.717, 1.165) is 29.8 Å². The van der Waals surface area contributed by atoms with Gasteiger partial charge in [0.1, 0.15) is 0 Å². The molecule has 0 saturated heterocycles. The van der Waals surface area contributed by atoms with Crippen LogP contribution in [0.5, 0.6) is 0 Å². The summed E-state index contributed by atoms with van der Waals surface area (Å²) in [5.74, 6) is 0.0902. The Labute approximate surface area is 142 Å². The molecule has 24 heavy (non-hydrogen) atoms. The zero-order valence-corrected chi connectivity index (χ0v) is 14.1. The highest BCUT2D eigenvalue weighted by Gasteiger charge is 2.23. The Kier molecular flexibility index (Phi) is 4.65. The van der Waals surface area contributed by atoms with Crippen molar-refractivity contribution in [1.82, 2.24) is 5.32 Å².